The molecule has 8 nitrogen and oxygen atoms in total. The van der Waals surface area contributed by atoms with Crippen LogP contribution >= 0.6 is 0 Å². The molecule has 154 valence electrons. The van der Waals surface area contributed by atoms with Crippen LogP contribution in [0.3, 0.4) is 0 Å². The lowest BCUT2D eigenvalue weighted by Gasteiger charge is -2.18. The van der Waals surface area contributed by atoms with Crippen LogP contribution < -0.4 is 20.5 Å². The van der Waals surface area contributed by atoms with Gasteiger partial charge in [0.05, 0.1) is 27.0 Å². The molecule has 2 heterocycles. The van der Waals surface area contributed by atoms with Gasteiger partial charge in [-0.3, -0.25) is 4.57 Å². The standard InChI is InChI=1S/C21H20FN5O3/c1-13-10-17(29-2)18(30-3)11-16(13)24-20-25-21(28)27-19(8-9-23-27)26(20)12-14-4-6-15(22)7-5-14/h4-11H,12H2,1-3H3,(H,24,25,28). The molecule has 4 rings (SSSR count). The molecule has 9 heteroatoms. The normalized spacial score (nSPS) is 10.9. The minimum absolute atomic E-state index is 0.314. The molecule has 0 spiro atoms. The molecule has 0 radical (unpaired) electrons. The Balaban J connectivity index is 1.82. The fourth-order valence-corrected chi connectivity index (χ4v) is 3.21. The third kappa shape index (κ3) is 3.57. The minimum atomic E-state index is -0.508. The van der Waals surface area contributed by atoms with Crippen molar-refractivity contribution in [2.75, 3.05) is 19.5 Å². The second-order valence-electron chi connectivity index (χ2n) is 6.68. The van der Waals surface area contributed by atoms with Crippen molar-refractivity contribution < 1.29 is 13.9 Å². The van der Waals surface area contributed by atoms with Crippen molar-refractivity contribution in [1.82, 2.24) is 19.2 Å². The summed E-state index contributed by atoms with van der Waals surface area (Å²) in [5.74, 6) is 1.16. The second kappa shape index (κ2) is 7.86. The van der Waals surface area contributed by atoms with Crippen LogP contribution in [0.2, 0.25) is 0 Å². The van der Waals surface area contributed by atoms with Crippen molar-refractivity contribution in [3.05, 3.63) is 76.1 Å². The van der Waals surface area contributed by atoms with Gasteiger partial charge >= 0.3 is 5.69 Å². The van der Waals surface area contributed by atoms with Crippen LogP contribution in [0.4, 0.5) is 16.0 Å². The lowest BCUT2D eigenvalue weighted by molar-refractivity contribution is 0.355. The van der Waals surface area contributed by atoms with Gasteiger partial charge in [-0.25, -0.2) is 9.18 Å². The fraction of sp³-hybridized carbons (Fsp3) is 0.190. The van der Waals surface area contributed by atoms with E-state index in [1.165, 1.54) is 22.8 Å². The zero-order valence-electron chi connectivity index (χ0n) is 16.7. The monoisotopic (exact) mass is 409 g/mol. The summed E-state index contributed by atoms with van der Waals surface area (Å²) in [5.41, 5.74) is 2.47. The molecule has 1 N–H and O–H groups in total. The van der Waals surface area contributed by atoms with E-state index in [2.05, 4.69) is 15.4 Å². The highest BCUT2D eigenvalue weighted by Crippen LogP contribution is 2.34. The summed E-state index contributed by atoms with van der Waals surface area (Å²) in [6.07, 6.45) is 1.53. The molecule has 0 fully saturated rings. The molecule has 0 aliphatic heterocycles. The SMILES string of the molecule is COc1cc(C)c(Nc2nc(=O)n3nccc3n2Cc2ccc(F)cc2)cc1OC. The van der Waals surface area contributed by atoms with Gasteiger partial charge in [0.2, 0.25) is 5.95 Å². The third-order valence-corrected chi connectivity index (χ3v) is 4.77. The zero-order valence-corrected chi connectivity index (χ0v) is 16.7. The van der Waals surface area contributed by atoms with Crippen molar-refractivity contribution >= 4 is 17.3 Å². The van der Waals surface area contributed by atoms with Gasteiger partial charge in [-0.1, -0.05) is 12.1 Å². The van der Waals surface area contributed by atoms with Crippen molar-refractivity contribution in [1.29, 1.82) is 0 Å². The lowest BCUT2D eigenvalue weighted by atomic mass is 10.1. The number of hydrogen-bond acceptors (Lipinski definition) is 6. The van der Waals surface area contributed by atoms with Gasteiger partial charge in [0.25, 0.3) is 0 Å². The number of hydrogen-bond donors (Lipinski definition) is 1. The fourth-order valence-electron chi connectivity index (χ4n) is 3.21. The third-order valence-electron chi connectivity index (χ3n) is 4.77. The molecular weight excluding hydrogens is 389 g/mol. The average Bonchev–Trinajstić information content (AvgIpc) is 3.24. The Morgan fingerprint density at radius 1 is 1.07 bits per heavy atom. The highest BCUT2D eigenvalue weighted by Gasteiger charge is 2.15. The van der Waals surface area contributed by atoms with E-state index in [0.29, 0.717) is 35.3 Å². The van der Waals surface area contributed by atoms with E-state index < -0.39 is 5.69 Å². The smallest absolute Gasteiger partial charge is 0.373 e. The number of nitrogens with zero attached hydrogens (tertiary/aromatic N) is 4. The Kier molecular flexibility index (Phi) is 5.09. The molecule has 30 heavy (non-hydrogen) atoms. The number of ether oxygens (including phenoxy) is 2. The number of methoxy groups -OCH3 is 2. The number of nitrogens with one attached hydrogen (secondary N) is 1. The first kappa shape index (κ1) is 19.4. The van der Waals surface area contributed by atoms with Gasteiger partial charge in [-0.05, 0) is 36.2 Å². The topological polar surface area (TPSA) is 82.7 Å². The molecule has 0 bridgehead atoms. The molecule has 4 aromatic rings. The number of aryl methyl sites for hydroxylation is 1. The molecule has 2 aromatic carbocycles. The van der Waals surface area contributed by atoms with E-state index in [9.17, 15) is 9.18 Å². The molecule has 0 aliphatic carbocycles. The molecular formula is C21H20FN5O3. The lowest BCUT2D eigenvalue weighted by Crippen LogP contribution is -2.25. The Morgan fingerprint density at radius 3 is 2.47 bits per heavy atom. The van der Waals surface area contributed by atoms with Crippen LogP contribution in [0, 0.1) is 12.7 Å². The first-order chi connectivity index (χ1) is 14.5. The summed E-state index contributed by atoms with van der Waals surface area (Å²) in [5, 5.41) is 7.27. The maximum Gasteiger partial charge on any atom is 0.373 e. The van der Waals surface area contributed by atoms with Crippen LogP contribution in [-0.2, 0) is 6.54 Å². The van der Waals surface area contributed by atoms with Crippen LogP contribution in [0.1, 0.15) is 11.1 Å². The molecule has 0 saturated heterocycles. The second-order valence-corrected chi connectivity index (χ2v) is 6.68. The largest absolute Gasteiger partial charge is 0.493 e. The van der Waals surface area contributed by atoms with Crippen molar-refractivity contribution in [2.45, 2.75) is 13.5 Å². The predicted molar refractivity (Wildman–Crippen MR) is 110 cm³/mol. The van der Waals surface area contributed by atoms with Gasteiger partial charge in [0.1, 0.15) is 11.5 Å². The summed E-state index contributed by atoms with van der Waals surface area (Å²) in [6.45, 7) is 2.27. The number of aromatic nitrogens is 4. The Hall–Kier alpha value is -3.88. The number of anilines is 2. The van der Waals surface area contributed by atoms with Gasteiger partial charge in [-0.15, -0.1) is 0 Å². The van der Waals surface area contributed by atoms with Crippen LogP contribution in [0.25, 0.3) is 5.65 Å². The summed E-state index contributed by atoms with van der Waals surface area (Å²) in [6, 6.07) is 11.5. The van der Waals surface area contributed by atoms with Gasteiger partial charge in [0.15, 0.2) is 11.5 Å². The summed E-state index contributed by atoms with van der Waals surface area (Å²) >= 11 is 0. The van der Waals surface area contributed by atoms with E-state index in [1.54, 1.807) is 43.1 Å². The summed E-state index contributed by atoms with van der Waals surface area (Å²) < 4.78 is 27.1. The summed E-state index contributed by atoms with van der Waals surface area (Å²) in [7, 11) is 3.12. The quantitative estimate of drug-likeness (QED) is 0.527. The van der Waals surface area contributed by atoms with Crippen LogP contribution in [0.15, 0.2) is 53.5 Å². The Labute approximate surface area is 171 Å². The first-order valence-electron chi connectivity index (χ1n) is 9.19. The van der Waals surface area contributed by atoms with E-state index in [1.807, 2.05) is 13.0 Å². The molecule has 0 unspecified atom stereocenters. The molecule has 2 aromatic heterocycles. The van der Waals surface area contributed by atoms with E-state index in [-0.39, 0.29) is 5.82 Å². The first-order valence-corrected chi connectivity index (χ1v) is 9.19. The molecule has 0 amide bonds. The van der Waals surface area contributed by atoms with Gasteiger partial charge in [-0.2, -0.15) is 14.6 Å². The van der Waals surface area contributed by atoms with E-state index in [4.69, 9.17) is 9.47 Å². The van der Waals surface area contributed by atoms with Crippen molar-refractivity contribution in [3.8, 4) is 11.5 Å². The maximum atomic E-state index is 13.3. The Bertz CT molecular complexity index is 1260. The highest BCUT2D eigenvalue weighted by molar-refractivity contribution is 5.65. The highest BCUT2D eigenvalue weighted by atomic mass is 19.1. The van der Waals surface area contributed by atoms with E-state index in [0.717, 1.165) is 11.1 Å². The van der Waals surface area contributed by atoms with Crippen molar-refractivity contribution in [2.24, 2.45) is 0 Å². The maximum absolute atomic E-state index is 13.3. The van der Waals surface area contributed by atoms with Crippen molar-refractivity contribution in [3.63, 3.8) is 0 Å². The number of benzene rings is 2. The number of fused-ring (bicyclic) bond motifs is 1. The summed E-state index contributed by atoms with van der Waals surface area (Å²) in [4.78, 5) is 16.6. The van der Waals surface area contributed by atoms with Crippen LogP contribution in [-0.4, -0.2) is 33.4 Å². The molecule has 0 aliphatic rings. The predicted octanol–water partition coefficient (Wildman–Crippen LogP) is 3.15. The zero-order chi connectivity index (χ0) is 21.3. The molecule has 0 saturated carbocycles. The minimum Gasteiger partial charge on any atom is -0.493 e. The number of rotatable bonds is 6. The number of halogens is 1. The van der Waals surface area contributed by atoms with Crippen LogP contribution in [0.5, 0.6) is 11.5 Å². The molecule has 0 atom stereocenters. The van der Waals surface area contributed by atoms with Gasteiger partial charge < -0.3 is 14.8 Å². The van der Waals surface area contributed by atoms with E-state index >= 15 is 0 Å². The average molecular weight is 409 g/mol. The Morgan fingerprint density at radius 2 is 1.77 bits per heavy atom. The van der Waals surface area contributed by atoms with Gasteiger partial charge in [0, 0.05) is 17.8 Å².